The van der Waals surface area contributed by atoms with Gasteiger partial charge in [0.15, 0.2) is 0 Å². The first-order valence-electron chi connectivity index (χ1n) is 5.88. The molecular weight excluding hydrogens is 190 g/mol. The van der Waals surface area contributed by atoms with Gasteiger partial charge in [-0.2, -0.15) is 0 Å². The Hall–Kier alpha value is -0.610. The van der Waals surface area contributed by atoms with Crippen molar-refractivity contribution >= 4 is 5.91 Å². The maximum absolute atomic E-state index is 11.2. The van der Waals surface area contributed by atoms with Gasteiger partial charge in [0.1, 0.15) is 0 Å². The first-order chi connectivity index (χ1) is 7.09. The summed E-state index contributed by atoms with van der Waals surface area (Å²) in [5, 5.41) is 0. The molecule has 86 valence electrons. The Morgan fingerprint density at radius 2 is 2.20 bits per heavy atom. The molecule has 1 amide bonds. The summed E-state index contributed by atoms with van der Waals surface area (Å²) in [7, 11) is 0. The zero-order chi connectivity index (χ0) is 11.0. The van der Waals surface area contributed by atoms with Gasteiger partial charge in [-0.15, -0.1) is 0 Å². The standard InChI is InChI=1S/C11H21N3O/c1-8-6-13-5-3-4-10(13)7-14(8)9(2)11(12)15/h8-10H,3-7H2,1-2H3,(H2,12,15). The van der Waals surface area contributed by atoms with E-state index in [1.54, 1.807) is 0 Å². The second-order valence-corrected chi connectivity index (χ2v) is 4.92. The molecule has 3 atom stereocenters. The third kappa shape index (κ3) is 2.01. The first-order valence-corrected chi connectivity index (χ1v) is 5.88. The van der Waals surface area contributed by atoms with Gasteiger partial charge in [-0.3, -0.25) is 14.6 Å². The van der Waals surface area contributed by atoms with Gasteiger partial charge in [-0.05, 0) is 33.2 Å². The number of primary amides is 1. The molecule has 0 bridgehead atoms. The van der Waals surface area contributed by atoms with Crippen LogP contribution in [0.1, 0.15) is 26.7 Å². The SMILES string of the molecule is CC1CN2CCCC2CN1C(C)C(N)=O. The summed E-state index contributed by atoms with van der Waals surface area (Å²) in [6.07, 6.45) is 2.57. The van der Waals surface area contributed by atoms with E-state index in [1.165, 1.54) is 19.4 Å². The average Bonchev–Trinajstić information content (AvgIpc) is 2.62. The lowest BCUT2D eigenvalue weighted by Crippen LogP contribution is -2.59. The van der Waals surface area contributed by atoms with E-state index in [0.717, 1.165) is 13.1 Å². The lowest BCUT2D eigenvalue weighted by Gasteiger charge is -2.44. The summed E-state index contributed by atoms with van der Waals surface area (Å²) in [4.78, 5) is 16.0. The van der Waals surface area contributed by atoms with Crippen molar-refractivity contribution in [3.63, 3.8) is 0 Å². The summed E-state index contributed by atoms with van der Waals surface area (Å²) < 4.78 is 0. The van der Waals surface area contributed by atoms with E-state index >= 15 is 0 Å². The monoisotopic (exact) mass is 211 g/mol. The zero-order valence-corrected chi connectivity index (χ0v) is 9.65. The molecule has 2 N–H and O–H groups in total. The van der Waals surface area contributed by atoms with E-state index in [2.05, 4.69) is 16.7 Å². The van der Waals surface area contributed by atoms with Gasteiger partial charge in [0.2, 0.25) is 5.91 Å². The minimum atomic E-state index is -0.201. The van der Waals surface area contributed by atoms with Crippen molar-refractivity contribution in [1.82, 2.24) is 9.80 Å². The Balaban J connectivity index is 2.03. The lowest BCUT2D eigenvalue weighted by molar-refractivity contribution is -0.125. The summed E-state index contributed by atoms with van der Waals surface area (Å²) in [6.45, 7) is 7.43. The van der Waals surface area contributed by atoms with Crippen LogP contribution in [0.3, 0.4) is 0 Å². The first kappa shape index (κ1) is 10.9. The molecule has 0 aromatic heterocycles. The average molecular weight is 211 g/mol. The van der Waals surface area contributed by atoms with Gasteiger partial charge < -0.3 is 5.73 Å². The molecule has 2 heterocycles. The summed E-state index contributed by atoms with van der Waals surface area (Å²) in [5.41, 5.74) is 5.37. The molecule has 4 nitrogen and oxygen atoms in total. The molecule has 0 aromatic carbocycles. The molecule has 2 aliphatic heterocycles. The van der Waals surface area contributed by atoms with Crippen molar-refractivity contribution in [3.05, 3.63) is 0 Å². The van der Waals surface area contributed by atoms with Crippen LogP contribution < -0.4 is 5.73 Å². The van der Waals surface area contributed by atoms with Gasteiger partial charge >= 0.3 is 0 Å². The third-order valence-corrected chi connectivity index (χ3v) is 3.89. The molecule has 15 heavy (non-hydrogen) atoms. The highest BCUT2D eigenvalue weighted by molar-refractivity contribution is 5.79. The number of amides is 1. The van der Waals surface area contributed by atoms with Crippen LogP contribution in [-0.2, 0) is 4.79 Å². The van der Waals surface area contributed by atoms with E-state index in [-0.39, 0.29) is 11.9 Å². The zero-order valence-electron chi connectivity index (χ0n) is 9.65. The molecule has 2 saturated heterocycles. The fraction of sp³-hybridized carbons (Fsp3) is 0.909. The molecule has 2 aliphatic rings. The fourth-order valence-corrected chi connectivity index (χ4v) is 2.91. The minimum absolute atomic E-state index is 0.122. The highest BCUT2D eigenvalue weighted by Gasteiger charge is 2.37. The van der Waals surface area contributed by atoms with Gasteiger partial charge in [0.25, 0.3) is 0 Å². The number of piperazine rings is 1. The summed E-state index contributed by atoms with van der Waals surface area (Å²) >= 11 is 0. The number of rotatable bonds is 2. The number of carbonyl (C=O) groups excluding carboxylic acids is 1. The largest absolute Gasteiger partial charge is 0.368 e. The number of nitrogens with two attached hydrogens (primary N) is 1. The Labute approximate surface area is 91.4 Å². The molecular formula is C11H21N3O. The van der Waals surface area contributed by atoms with Crippen LogP contribution in [0.15, 0.2) is 0 Å². The van der Waals surface area contributed by atoms with Gasteiger partial charge in [0.05, 0.1) is 6.04 Å². The van der Waals surface area contributed by atoms with Crippen molar-refractivity contribution in [2.45, 2.75) is 44.8 Å². The van der Waals surface area contributed by atoms with Crippen LogP contribution in [0.4, 0.5) is 0 Å². The molecule has 4 heteroatoms. The maximum Gasteiger partial charge on any atom is 0.234 e. The third-order valence-electron chi connectivity index (χ3n) is 3.89. The topological polar surface area (TPSA) is 49.6 Å². The Morgan fingerprint density at radius 3 is 2.87 bits per heavy atom. The van der Waals surface area contributed by atoms with E-state index in [0.29, 0.717) is 12.1 Å². The van der Waals surface area contributed by atoms with Gasteiger partial charge in [-0.25, -0.2) is 0 Å². The van der Waals surface area contributed by atoms with Crippen LogP contribution >= 0.6 is 0 Å². The number of fused-ring (bicyclic) bond motifs is 1. The molecule has 2 fully saturated rings. The highest BCUT2D eigenvalue weighted by atomic mass is 16.1. The van der Waals surface area contributed by atoms with Crippen molar-refractivity contribution < 1.29 is 4.79 Å². The van der Waals surface area contributed by atoms with Crippen LogP contribution in [0.25, 0.3) is 0 Å². The normalized spacial score (nSPS) is 35.1. The number of carbonyl (C=O) groups is 1. The Kier molecular flexibility index (Phi) is 2.98. The van der Waals surface area contributed by atoms with Crippen molar-refractivity contribution in [3.8, 4) is 0 Å². The predicted molar refractivity (Wildman–Crippen MR) is 59.4 cm³/mol. The van der Waals surface area contributed by atoms with Crippen LogP contribution in [0.5, 0.6) is 0 Å². The number of hydrogen-bond acceptors (Lipinski definition) is 3. The molecule has 0 spiro atoms. The van der Waals surface area contributed by atoms with E-state index in [1.807, 2.05) is 6.92 Å². The van der Waals surface area contributed by atoms with Crippen LogP contribution in [0, 0.1) is 0 Å². The maximum atomic E-state index is 11.2. The van der Waals surface area contributed by atoms with Crippen LogP contribution in [0.2, 0.25) is 0 Å². The Bertz CT molecular complexity index is 256. The van der Waals surface area contributed by atoms with Crippen molar-refractivity contribution in [1.29, 1.82) is 0 Å². The summed E-state index contributed by atoms with van der Waals surface area (Å²) in [5.74, 6) is -0.201. The molecule has 0 aromatic rings. The Morgan fingerprint density at radius 1 is 1.47 bits per heavy atom. The van der Waals surface area contributed by atoms with E-state index < -0.39 is 0 Å². The van der Waals surface area contributed by atoms with Gasteiger partial charge in [-0.1, -0.05) is 0 Å². The summed E-state index contributed by atoms with van der Waals surface area (Å²) in [6, 6.07) is 0.979. The molecule has 0 aliphatic carbocycles. The molecule has 0 saturated carbocycles. The number of hydrogen-bond donors (Lipinski definition) is 1. The second-order valence-electron chi connectivity index (χ2n) is 4.92. The predicted octanol–water partition coefficient (Wildman–Crippen LogP) is 0.0287. The van der Waals surface area contributed by atoms with Crippen LogP contribution in [-0.4, -0.2) is 53.5 Å². The van der Waals surface area contributed by atoms with Gasteiger partial charge in [0, 0.05) is 25.2 Å². The fourth-order valence-electron chi connectivity index (χ4n) is 2.91. The highest BCUT2D eigenvalue weighted by Crippen LogP contribution is 2.25. The quantitative estimate of drug-likeness (QED) is 0.701. The number of nitrogens with zero attached hydrogens (tertiary/aromatic N) is 2. The smallest absolute Gasteiger partial charge is 0.234 e. The molecule has 3 unspecified atom stereocenters. The molecule has 0 radical (unpaired) electrons. The van der Waals surface area contributed by atoms with Crippen molar-refractivity contribution in [2.75, 3.05) is 19.6 Å². The second kappa shape index (κ2) is 4.10. The molecule has 2 rings (SSSR count). The van der Waals surface area contributed by atoms with E-state index in [9.17, 15) is 4.79 Å². The minimum Gasteiger partial charge on any atom is -0.368 e. The van der Waals surface area contributed by atoms with E-state index in [4.69, 9.17) is 5.73 Å². The lowest BCUT2D eigenvalue weighted by atomic mass is 10.1. The van der Waals surface area contributed by atoms with Crippen molar-refractivity contribution in [2.24, 2.45) is 5.73 Å².